The normalized spacial score (nSPS) is 10.8. The molecule has 1 heterocycles. The van der Waals surface area contributed by atoms with Crippen LogP contribution in [-0.2, 0) is 11.3 Å². The summed E-state index contributed by atoms with van der Waals surface area (Å²) in [5.41, 5.74) is 4.95. The monoisotopic (exact) mass is 341 g/mol. The van der Waals surface area contributed by atoms with E-state index >= 15 is 0 Å². The molecule has 0 spiro atoms. The zero-order chi connectivity index (χ0) is 17.9. The van der Waals surface area contributed by atoms with Gasteiger partial charge in [0.15, 0.2) is 0 Å². The molecule has 0 saturated heterocycles. The molecule has 0 saturated carbocycles. The molecule has 0 bridgehead atoms. The number of anilines is 1. The Bertz CT molecular complexity index is 1050. The zero-order valence-corrected chi connectivity index (χ0v) is 14.5. The predicted molar refractivity (Wildman–Crippen MR) is 105 cm³/mol. The minimum atomic E-state index is -0.0660. The predicted octanol–water partition coefficient (Wildman–Crippen LogP) is 4.65. The number of aromatic nitrogens is 2. The Kier molecular flexibility index (Phi) is 4.23. The van der Waals surface area contributed by atoms with E-state index in [1.165, 1.54) is 0 Å². The number of hydrogen-bond acceptors (Lipinski definition) is 2. The van der Waals surface area contributed by atoms with Crippen molar-refractivity contribution in [2.24, 2.45) is 0 Å². The summed E-state index contributed by atoms with van der Waals surface area (Å²) in [6, 6.07) is 25.9. The molecular formula is C22H19N3O. The third-order valence-corrected chi connectivity index (χ3v) is 4.42. The van der Waals surface area contributed by atoms with Gasteiger partial charge in [0.1, 0.15) is 12.4 Å². The first-order valence-electron chi connectivity index (χ1n) is 8.58. The highest BCUT2D eigenvalue weighted by atomic mass is 16.1. The lowest BCUT2D eigenvalue weighted by atomic mass is 10.1. The Morgan fingerprint density at radius 3 is 2.31 bits per heavy atom. The van der Waals surface area contributed by atoms with E-state index in [1.54, 1.807) is 0 Å². The number of carbonyl (C=O) groups excluding carboxylic acids is 1. The number of amides is 1. The number of aryl methyl sites for hydroxylation is 1. The highest BCUT2D eigenvalue weighted by molar-refractivity contribution is 5.92. The van der Waals surface area contributed by atoms with Crippen LogP contribution in [0.15, 0.2) is 78.9 Å². The topological polar surface area (TPSA) is 46.9 Å². The standard InChI is InChI=1S/C22H19N3O/c1-16-23-20-9-5-6-10-21(20)25(16)15-22(26)24-19-13-11-18(12-14-19)17-7-3-2-4-8-17/h2-14H,15H2,1H3,(H,24,26). The molecule has 0 atom stereocenters. The molecule has 0 aliphatic heterocycles. The summed E-state index contributed by atoms with van der Waals surface area (Å²) in [6.07, 6.45) is 0. The average Bonchev–Trinajstić information content (AvgIpc) is 2.98. The highest BCUT2D eigenvalue weighted by Crippen LogP contribution is 2.21. The molecule has 3 aromatic carbocycles. The third kappa shape index (κ3) is 3.22. The molecule has 0 aliphatic rings. The highest BCUT2D eigenvalue weighted by Gasteiger charge is 2.11. The van der Waals surface area contributed by atoms with Gasteiger partial charge in [-0.25, -0.2) is 4.98 Å². The number of fused-ring (bicyclic) bond motifs is 1. The molecule has 1 aromatic heterocycles. The summed E-state index contributed by atoms with van der Waals surface area (Å²) >= 11 is 0. The van der Waals surface area contributed by atoms with E-state index in [0.717, 1.165) is 33.7 Å². The molecule has 0 radical (unpaired) electrons. The molecule has 0 fully saturated rings. The molecule has 26 heavy (non-hydrogen) atoms. The van der Waals surface area contributed by atoms with Gasteiger partial charge in [-0.2, -0.15) is 0 Å². The smallest absolute Gasteiger partial charge is 0.244 e. The number of carbonyl (C=O) groups is 1. The minimum absolute atomic E-state index is 0.0660. The van der Waals surface area contributed by atoms with Crippen LogP contribution in [0.25, 0.3) is 22.2 Å². The first kappa shape index (κ1) is 16.1. The SMILES string of the molecule is Cc1nc2ccccc2n1CC(=O)Nc1ccc(-c2ccccc2)cc1. The van der Waals surface area contributed by atoms with Crippen LogP contribution in [0.2, 0.25) is 0 Å². The lowest BCUT2D eigenvalue weighted by molar-refractivity contribution is -0.116. The van der Waals surface area contributed by atoms with Gasteiger partial charge in [-0.1, -0.05) is 54.6 Å². The fourth-order valence-electron chi connectivity index (χ4n) is 3.12. The molecule has 0 aliphatic carbocycles. The molecule has 1 N–H and O–H groups in total. The molecular weight excluding hydrogens is 322 g/mol. The van der Waals surface area contributed by atoms with Crippen LogP contribution in [0.4, 0.5) is 5.69 Å². The van der Waals surface area contributed by atoms with E-state index < -0.39 is 0 Å². The van der Waals surface area contributed by atoms with Crippen molar-refractivity contribution in [1.29, 1.82) is 0 Å². The number of nitrogens with one attached hydrogen (secondary N) is 1. The quantitative estimate of drug-likeness (QED) is 0.587. The van der Waals surface area contributed by atoms with Gasteiger partial charge >= 0.3 is 0 Å². The summed E-state index contributed by atoms with van der Waals surface area (Å²) in [4.78, 5) is 17.0. The molecule has 4 aromatic rings. The summed E-state index contributed by atoms with van der Waals surface area (Å²) in [7, 11) is 0. The van der Waals surface area contributed by atoms with Crippen molar-refractivity contribution in [2.45, 2.75) is 13.5 Å². The first-order valence-corrected chi connectivity index (χ1v) is 8.58. The van der Waals surface area contributed by atoms with E-state index in [9.17, 15) is 4.79 Å². The van der Waals surface area contributed by atoms with Crippen molar-refractivity contribution in [1.82, 2.24) is 9.55 Å². The van der Waals surface area contributed by atoms with Crippen LogP contribution in [0.3, 0.4) is 0 Å². The maximum atomic E-state index is 12.5. The van der Waals surface area contributed by atoms with E-state index in [1.807, 2.05) is 78.2 Å². The van der Waals surface area contributed by atoms with E-state index in [4.69, 9.17) is 0 Å². The van der Waals surface area contributed by atoms with Gasteiger partial charge in [0, 0.05) is 5.69 Å². The molecule has 1 amide bonds. The Balaban J connectivity index is 1.49. The zero-order valence-electron chi connectivity index (χ0n) is 14.5. The van der Waals surface area contributed by atoms with Crippen LogP contribution >= 0.6 is 0 Å². The second kappa shape index (κ2) is 6.84. The van der Waals surface area contributed by atoms with Crippen LogP contribution < -0.4 is 5.32 Å². The van der Waals surface area contributed by atoms with Crippen LogP contribution in [0, 0.1) is 6.92 Å². The van der Waals surface area contributed by atoms with E-state index in [-0.39, 0.29) is 12.5 Å². The van der Waals surface area contributed by atoms with Crippen molar-refractivity contribution < 1.29 is 4.79 Å². The van der Waals surface area contributed by atoms with Crippen molar-refractivity contribution in [3.8, 4) is 11.1 Å². The van der Waals surface area contributed by atoms with Gasteiger partial charge in [0.05, 0.1) is 11.0 Å². The maximum absolute atomic E-state index is 12.5. The second-order valence-corrected chi connectivity index (χ2v) is 6.23. The number of rotatable bonds is 4. The lowest BCUT2D eigenvalue weighted by Gasteiger charge is -2.09. The van der Waals surface area contributed by atoms with Gasteiger partial charge < -0.3 is 9.88 Å². The second-order valence-electron chi connectivity index (χ2n) is 6.23. The Hall–Kier alpha value is -3.40. The number of para-hydroxylation sites is 2. The van der Waals surface area contributed by atoms with E-state index in [0.29, 0.717) is 0 Å². The van der Waals surface area contributed by atoms with Crippen LogP contribution in [-0.4, -0.2) is 15.5 Å². The molecule has 4 rings (SSSR count). The fourth-order valence-corrected chi connectivity index (χ4v) is 3.12. The van der Waals surface area contributed by atoms with E-state index in [2.05, 4.69) is 22.4 Å². The number of imidazole rings is 1. The van der Waals surface area contributed by atoms with Gasteiger partial charge in [-0.3, -0.25) is 4.79 Å². The summed E-state index contributed by atoms with van der Waals surface area (Å²) in [5, 5.41) is 2.96. The van der Waals surface area contributed by atoms with Crippen molar-refractivity contribution in [2.75, 3.05) is 5.32 Å². The third-order valence-electron chi connectivity index (χ3n) is 4.42. The Morgan fingerprint density at radius 2 is 1.54 bits per heavy atom. The lowest BCUT2D eigenvalue weighted by Crippen LogP contribution is -2.19. The largest absolute Gasteiger partial charge is 0.325 e. The van der Waals surface area contributed by atoms with Crippen molar-refractivity contribution >= 4 is 22.6 Å². The fraction of sp³-hybridized carbons (Fsp3) is 0.0909. The average molecular weight is 341 g/mol. The van der Waals surface area contributed by atoms with Gasteiger partial charge in [0.25, 0.3) is 0 Å². The Morgan fingerprint density at radius 1 is 0.885 bits per heavy atom. The molecule has 4 heteroatoms. The van der Waals surface area contributed by atoms with Crippen molar-refractivity contribution in [3.05, 3.63) is 84.7 Å². The summed E-state index contributed by atoms with van der Waals surface area (Å²) in [6.45, 7) is 2.16. The van der Waals surface area contributed by atoms with Crippen LogP contribution in [0.1, 0.15) is 5.82 Å². The van der Waals surface area contributed by atoms with Crippen molar-refractivity contribution in [3.63, 3.8) is 0 Å². The number of nitrogens with zero attached hydrogens (tertiary/aromatic N) is 2. The molecule has 4 nitrogen and oxygen atoms in total. The number of hydrogen-bond donors (Lipinski definition) is 1. The van der Waals surface area contributed by atoms with Gasteiger partial charge in [-0.15, -0.1) is 0 Å². The Labute approximate surface area is 152 Å². The maximum Gasteiger partial charge on any atom is 0.244 e. The van der Waals surface area contributed by atoms with Gasteiger partial charge in [-0.05, 0) is 42.3 Å². The molecule has 0 unspecified atom stereocenters. The first-order chi connectivity index (χ1) is 12.7. The summed E-state index contributed by atoms with van der Waals surface area (Å²) < 4.78 is 1.93. The van der Waals surface area contributed by atoms with Crippen LogP contribution in [0.5, 0.6) is 0 Å². The minimum Gasteiger partial charge on any atom is -0.325 e. The number of benzene rings is 3. The van der Waals surface area contributed by atoms with Gasteiger partial charge in [0.2, 0.25) is 5.91 Å². The molecule has 128 valence electrons. The summed E-state index contributed by atoms with van der Waals surface area (Å²) in [5.74, 6) is 0.768.